The number of piperidine rings is 1. The summed E-state index contributed by atoms with van der Waals surface area (Å²) >= 11 is 0. The third kappa shape index (κ3) is 3.64. The minimum Gasteiger partial charge on any atom is -0.361 e. The number of nitrogens with zero attached hydrogens (tertiary/aromatic N) is 1. The molecule has 1 aromatic heterocycles. The van der Waals surface area contributed by atoms with Crippen molar-refractivity contribution >= 4 is 11.6 Å². The van der Waals surface area contributed by atoms with Gasteiger partial charge in [0.15, 0.2) is 11.6 Å². The van der Waals surface area contributed by atoms with E-state index in [-0.39, 0.29) is 17.5 Å². The fraction of sp³-hybridized carbons (Fsp3) is 0.520. The first-order valence-electron chi connectivity index (χ1n) is 11.4. The molecule has 1 saturated heterocycles. The molecule has 0 amide bonds. The van der Waals surface area contributed by atoms with Crippen molar-refractivity contribution in [3.63, 3.8) is 0 Å². The van der Waals surface area contributed by atoms with Gasteiger partial charge in [-0.3, -0.25) is 9.59 Å². The summed E-state index contributed by atoms with van der Waals surface area (Å²) < 4.78 is 13.0. The van der Waals surface area contributed by atoms with Crippen LogP contribution in [0.2, 0.25) is 0 Å². The van der Waals surface area contributed by atoms with E-state index in [0.717, 1.165) is 57.3 Å². The van der Waals surface area contributed by atoms with Crippen LogP contribution in [0, 0.1) is 17.7 Å². The Morgan fingerprint density at radius 2 is 1.93 bits per heavy atom. The number of carbonyl (C=O) groups is 2. The van der Waals surface area contributed by atoms with E-state index < -0.39 is 0 Å². The molecule has 5 rings (SSSR count). The van der Waals surface area contributed by atoms with Crippen LogP contribution in [0.25, 0.3) is 0 Å². The van der Waals surface area contributed by atoms with Crippen LogP contribution in [0.1, 0.15) is 69.8 Å². The first-order valence-corrected chi connectivity index (χ1v) is 11.4. The van der Waals surface area contributed by atoms with Crippen LogP contribution in [-0.2, 0) is 19.3 Å². The van der Waals surface area contributed by atoms with Gasteiger partial charge in [-0.1, -0.05) is 0 Å². The Bertz CT molecular complexity index is 962. The maximum atomic E-state index is 13.4. The Balaban J connectivity index is 1.20. The summed E-state index contributed by atoms with van der Waals surface area (Å²) in [6.45, 7) is 2.64. The second-order valence-electron chi connectivity index (χ2n) is 9.20. The van der Waals surface area contributed by atoms with Crippen molar-refractivity contribution in [1.29, 1.82) is 0 Å². The molecule has 2 atom stereocenters. The van der Waals surface area contributed by atoms with Crippen molar-refractivity contribution in [1.82, 2.24) is 9.88 Å². The molecule has 0 saturated carbocycles. The third-order valence-corrected chi connectivity index (χ3v) is 7.31. The largest absolute Gasteiger partial charge is 0.361 e. The van der Waals surface area contributed by atoms with Crippen molar-refractivity contribution in [2.75, 3.05) is 19.6 Å². The molecule has 2 heterocycles. The zero-order valence-corrected chi connectivity index (χ0v) is 17.4. The maximum Gasteiger partial charge on any atom is 0.169 e. The second kappa shape index (κ2) is 8.10. The van der Waals surface area contributed by atoms with Crippen LogP contribution in [0.5, 0.6) is 0 Å². The predicted molar refractivity (Wildman–Crippen MR) is 113 cm³/mol. The highest BCUT2D eigenvalue weighted by Crippen LogP contribution is 2.39. The lowest BCUT2D eigenvalue weighted by molar-refractivity contribution is 0.0652. The van der Waals surface area contributed by atoms with Gasteiger partial charge >= 0.3 is 0 Å². The van der Waals surface area contributed by atoms with E-state index in [9.17, 15) is 14.0 Å². The number of fused-ring (bicyclic) bond motifs is 4. The molecule has 3 aliphatic rings. The number of aryl methyl sites for hydroxylation is 1. The number of aromatic nitrogens is 1. The smallest absolute Gasteiger partial charge is 0.169 e. The molecule has 2 aromatic rings. The Hall–Kier alpha value is -2.27. The number of hydrogen-bond acceptors (Lipinski definition) is 3. The lowest BCUT2D eigenvalue weighted by Gasteiger charge is -2.40. The molecule has 2 aliphatic carbocycles. The molecule has 1 aliphatic heterocycles. The van der Waals surface area contributed by atoms with Gasteiger partial charge < -0.3 is 9.88 Å². The molecule has 1 N–H and O–H groups in total. The highest BCUT2D eigenvalue weighted by atomic mass is 19.1. The van der Waals surface area contributed by atoms with E-state index in [2.05, 4.69) is 9.88 Å². The molecule has 158 valence electrons. The number of rotatable bonds is 5. The van der Waals surface area contributed by atoms with Crippen LogP contribution in [0.15, 0.2) is 24.3 Å². The number of Topliss-reactive ketones (excluding diaryl/α,β-unsaturated/α-hetero) is 2. The normalized spacial score (nSPS) is 23.6. The zero-order chi connectivity index (χ0) is 20.7. The van der Waals surface area contributed by atoms with Crippen LogP contribution >= 0.6 is 0 Å². The highest BCUT2D eigenvalue weighted by molar-refractivity contribution is 6.02. The number of nitrogens with one attached hydrogen (secondary N) is 1. The Labute approximate surface area is 176 Å². The summed E-state index contributed by atoms with van der Waals surface area (Å²) in [7, 11) is 0. The average Bonchev–Trinajstić information content (AvgIpc) is 3.13. The molecule has 1 fully saturated rings. The van der Waals surface area contributed by atoms with Crippen molar-refractivity contribution < 1.29 is 14.0 Å². The predicted octanol–water partition coefficient (Wildman–Crippen LogP) is 4.37. The van der Waals surface area contributed by atoms with E-state index in [1.165, 1.54) is 41.9 Å². The van der Waals surface area contributed by atoms with Gasteiger partial charge in [0, 0.05) is 41.4 Å². The number of halogens is 1. The number of benzene rings is 1. The number of ketones is 2. The lowest BCUT2D eigenvalue weighted by Crippen LogP contribution is -2.47. The van der Waals surface area contributed by atoms with Gasteiger partial charge in [0.1, 0.15) is 5.82 Å². The summed E-state index contributed by atoms with van der Waals surface area (Å²) in [6, 6.07) is 5.78. The fourth-order valence-corrected chi connectivity index (χ4v) is 5.70. The van der Waals surface area contributed by atoms with Gasteiger partial charge in [0.2, 0.25) is 0 Å². The fourth-order valence-electron chi connectivity index (χ4n) is 5.70. The van der Waals surface area contributed by atoms with Crippen LogP contribution in [0.3, 0.4) is 0 Å². The standard InChI is InChI=1S/C25H29FN2O2/c26-18-9-7-16(8-10-18)23(29)6-3-12-28-13-11-17-14-22-24(25(30)20(17)15-28)19-4-1-2-5-21(19)27-22/h7-10,17,20,27H,1-6,11-15H2/t17-,20+/m0/s1. The van der Waals surface area contributed by atoms with E-state index in [4.69, 9.17) is 0 Å². The molecule has 5 heteroatoms. The van der Waals surface area contributed by atoms with E-state index in [0.29, 0.717) is 23.7 Å². The van der Waals surface area contributed by atoms with Gasteiger partial charge in [0.25, 0.3) is 0 Å². The van der Waals surface area contributed by atoms with Gasteiger partial charge in [-0.2, -0.15) is 0 Å². The Kier molecular flexibility index (Phi) is 5.32. The molecular weight excluding hydrogens is 379 g/mol. The SMILES string of the molecule is O=C(CCCN1CC[C@H]2Cc3[nH]c4c(c3C(=O)[C@@H]2C1)CCCC4)c1ccc(F)cc1. The highest BCUT2D eigenvalue weighted by Gasteiger charge is 2.41. The van der Waals surface area contributed by atoms with Crippen LogP contribution in [0.4, 0.5) is 4.39 Å². The minimum atomic E-state index is -0.321. The van der Waals surface area contributed by atoms with Gasteiger partial charge in [0.05, 0.1) is 0 Å². The molecule has 0 spiro atoms. The first kappa shape index (κ1) is 19.7. The monoisotopic (exact) mass is 408 g/mol. The summed E-state index contributed by atoms with van der Waals surface area (Å²) in [5.41, 5.74) is 5.42. The topological polar surface area (TPSA) is 53.2 Å². The maximum absolute atomic E-state index is 13.4. The van der Waals surface area contributed by atoms with Gasteiger partial charge in [-0.15, -0.1) is 0 Å². The lowest BCUT2D eigenvalue weighted by atomic mass is 9.72. The number of carbonyl (C=O) groups excluding carboxylic acids is 2. The average molecular weight is 409 g/mol. The molecule has 30 heavy (non-hydrogen) atoms. The molecule has 4 nitrogen and oxygen atoms in total. The van der Waals surface area contributed by atoms with Gasteiger partial charge in [-0.25, -0.2) is 4.39 Å². The van der Waals surface area contributed by atoms with E-state index in [1.807, 2.05) is 0 Å². The molecule has 0 unspecified atom stereocenters. The summed E-state index contributed by atoms with van der Waals surface area (Å²) in [4.78, 5) is 31.7. The molecular formula is C25H29FN2O2. The number of hydrogen-bond donors (Lipinski definition) is 1. The van der Waals surface area contributed by atoms with Crippen LogP contribution < -0.4 is 0 Å². The minimum absolute atomic E-state index is 0.0576. The van der Waals surface area contributed by atoms with Crippen molar-refractivity contribution in [2.24, 2.45) is 11.8 Å². The van der Waals surface area contributed by atoms with Crippen molar-refractivity contribution in [2.45, 2.75) is 51.4 Å². The zero-order valence-electron chi connectivity index (χ0n) is 17.4. The molecule has 0 bridgehead atoms. The summed E-state index contributed by atoms with van der Waals surface area (Å²) in [6.07, 6.45) is 7.82. The van der Waals surface area contributed by atoms with E-state index in [1.54, 1.807) is 12.1 Å². The Morgan fingerprint density at radius 3 is 2.77 bits per heavy atom. The number of H-pyrrole nitrogens is 1. The quantitative estimate of drug-likeness (QED) is 0.748. The van der Waals surface area contributed by atoms with Gasteiger partial charge in [-0.05, 0) is 93.8 Å². The first-order chi connectivity index (χ1) is 14.6. The van der Waals surface area contributed by atoms with Crippen molar-refractivity contribution in [3.8, 4) is 0 Å². The van der Waals surface area contributed by atoms with Crippen molar-refractivity contribution in [3.05, 3.63) is 58.2 Å². The summed E-state index contributed by atoms with van der Waals surface area (Å²) in [5.74, 6) is 0.636. The molecule has 1 aromatic carbocycles. The number of aromatic amines is 1. The number of likely N-dealkylation sites (tertiary alicyclic amines) is 1. The summed E-state index contributed by atoms with van der Waals surface area (Å²) in [5, 5.41) is 0. The van der Waals surface area contributed by atoms with E-state index >= 15 is 0 Å². The Morgan fingerprint density at radius 1 is 1.13 bits per heavy atom. The second-order valence-corrected chi connectivity index (χ2v) is 9.20. The van der Waals surface area contributed by atoms with Crippen LogP contribution in [-0.4, -0.2) is 41.1 Å². The molecule has 0 radical (unpaired) electrons. The third-order valence-electron chi connectivity index (χ3n) is 7.31.